The fourth-order valence-electron chi connectivity index (χ4n) is 2.55. The molecule has 1 aliphatic rings. The van der Waals surface area contributed by atoms with Crippen molar-refractivity contribution in [3.05, 3.63) is 24.0 Å². The standard InChI is InChI=1S/C13H19BrN2/c1-11-10-15-8-6-13(11)16-9-3-5-12(16)4-2-7-14/h6,8,10,12H,2-5,7,9H2,1H3. The van der Waals surface area contributed by atoms with Crippen LogP contribution in [0.15, 0.2) is 18.5 Å². The van der Waals surface area contributed by atoms with E-state index in [9.17, 15) is 0 Å². The predicted octanol–water partition coefficient (Wildman–Crippen LogP) is 3.53. The summed E-state index contributed by atoms with van der Waals surface area (Å²) in [6.07, 6.45) is 9.11. The van der Waals surface area contributed by atoms with Gasteiger partial charge in [-0.05, 0) is 44.2 Å². The van der Waals surface area contributed by atoms with Gasteiger partial charge in [-0.25, -0.2) is 0 Å². The van der Waals surface area contributed by atoms with Crippen LogP contribution in [0.4, 0.5) is 5.69 Å². The summed E-state index contributed by atoms with van der Waals surface area (Å²) in [6.45, 7) is 3.36. The van der Waals surface area contributed by atoms with E-state index in [-0.39, 0.29) is 0 Å². The van der Waals surface area contributed by atoms with Crippen LogP contribution in [0.1, 0.15) is 31.2 Å². The zero-order valence-electron chi connectivity index (χ0n) is 9.82. The van der Waals surface area contributed by atoms with Crippen LogP contribution < -0.4 is 4.90 Å². The number of halogens is 1. The number of pyridine rings is 1. The van der Waals surface area contributed by atoms with Gasteiger partial charge in [0.2, 0.25) is 0 Å². The number of hydrogen-bond donors (Lipinski definition) is 0. The SMILES string of the molecule is Cc1cnccc1N1CCCC1CCCBr. The van der Waals surface area contributed by atoms with Crippen LogP contribution in [0.5, 0.6) is 0 Å². The van der Waals surface area contributed by atoms with Gasteiger partial charge in [-0.3, -0.25) is 4.98 Å². The number of nitrogens with zero attached hydrogens (tertiary/aromatic N) is 2. The van der Waals surface area contributed by atoms with Gasteiger partial charge in [0, 0.05) is 36.0 Å². The lowest BCUT2D eigenvalue weighted by atomic mass is 10.1. The Hall–Kier alpha value is -0.570. The van der Waals surface area contributed by atoms with Gasteiger partial charge in [0.15, 0.2) is 0 Å². The van der Waals surface area contributed by atoms with Crippen LogP contribution >= 0.6 is 15.9 Å². The molecule has 0 radical (unpaired) electrons. The molecule has 0 aromatic carbocycles. The molecule has 1 atom stereocenters. The molecular weight excluding hydrogens is 264 g/mol. The number of aryl methyl sites for hydroxylation is 1. The molecule has 0 aliphatic carbocycles. The molecule has 0 spiro atoms. The first kappa shape index (κ1) is 11.9. The van der Waals surface area contributed by atoms with Crippen molar-refractivity contribution in [2.24, 2.45) is 0 Å². The highest BCUT2D eigenvalue weighted by Gasteiger charge is 2.24. The molecule has 2 nitrogen and oxygen atoms in total. The third-order valence-corrected chi connectivity index (χ3v) is 3.91. The van der Waals surface area contributed by atoms with Crippen LogP contribution in [-0.4, -0.2) is 22.9 Å². The highest BCUT2D eigenvalue weighted by atomic mass is 79.9. The number of hydrogen-bond acceptors (Lipinski definition) is 2. The van der Waals surface area contributed by atoms with Crippen LogP contribution in [0, 0.1) is 6.92 Å². The second kappa shape index (κ2) is 5.67. The molecule has 3 heteroatoms. The molecule has 1 aromatic rings. The molecule has 2 heterocycles. The predicted molar refractivity (Wildman–Crippen MR) is 72.4 cm³/mol. The highest BCUT2D eigenvalue weighted by molar-refractivity contribution is 9.09. The van der Waals surface area contributed by atoms with Crippen molar-refractivity contribution < 1.29 is 0 Å². The minimum atomic E-state index is 0.735. The van der Waals surface area contributed by atoms with Crippen molar-refractivity contribution in [1.29, 1.82) is 0 Å². The monoisotopic (exact) mass is 282 g/mol. The van der Waals surface area contributed by atoms with Crippen LogP contribution in [0.25, 0.3) is 0 Å². The number of aromatic nitrogens is 1. The average molecular weight is 283 g/mol. The Morgan fingerprint density at radius 2 is 2.44 bits per heavy atom. The summed E-state index contributed by atoms with van der Waals surface area (Å²) < 4.78 is 0. The number of anilines is 1. The minimum absolute atomic E-state index is 0.735. The van der Waals surface area contributed by atoms with E-state index >= 15 is 0 Å². The van der Waals surface area contributed by atoms with E-state index in [0.29, 0.717) is 0 Å². The van der Waals surface area contributed by atoms with E-state index in [2.05, 4.69) is 38.8 Å². The Morgan fingerprint density at radius 1 is 1.56 bits per heavy atom. The molecule has 0 N–H and O–H groups in total. The summed E-state index contributed by atoms with van der Waals surface area (Å²) >= 11 is 3.52. The summed E-state index contributed by atoms with van der Waals surface area (Å²) in [6, 6.07) is 2.89. The Morgan fingerprint density at radius 3 is 3.19 bits per heavy atom. The van der Waals surface area contributed by atoms with E-state index in [0.717, 1.165) is 11.4 Å². The lowest BCUT2D eigenvalue weighted by molar-refractivity contribution is 0.603. The minimum Gasteiger partial charge on any atom is -0.368 e. The third kappa shape index (κ3) is 2.57. The lowest BCUT2D eigenvalue weighted by Gasteiger charge is -2.28. The molecule has 0 bridgehead atoms. The smallest absolute Gasteiger partial charge is 0.0429 e. The molecule has 88 valence electrons. The molecule has 16 heavy (non-hydrogen) atoms. The Balaban J connectivity index is 2.10. The van der Waals surface area contributed by atoms with Gasteiger partial charge in [-0.15, -0.1) is 0 Å². The van der Waals surface area contributed by atoms with Crippen molar-refractivity contribution in [2.45, 2.75) is 38.6 Å². The zero-order chi connectivity index (χ0) is 11.4. The van der Waals surface area contributed by atoms with E-state index in [4.69, 9.17) is 0 Å². The first-order valence-corrected chi connectivity index (χ1v) is 7.18. The van der Waals surface area contributed by atoms with Crippen molar-refractivity contribution in [3.8, 4) is 0 Å². The van der Waals surface area contributed by atoms with E-state index in [1.165, 1.54) is 43.5 Å². The van der Waals surface area contributed by atoms with Crippen LogP contribution in [0.3, 0.4) is 0 Å². The van der Waals surface area contributed by atoms with E-state index in [1.807, 2.05) is 12.4 Å². The highest BCUT2D eigenvalue weighted by Crippen LogP contribution is 2.29. The number of alkyl halides is 1. The van der Waals surface area contributed by atoms with Crippen molar-refractivity contribution in [2.75, 3.05) is 16.8 Å². The van der Waals surface area contributed by atoms with E-state index in [1.54, 1.807) is 0 Å². The van der Waals surface area contributed by atoms with Crippen LogP contribution in [0.2, 0.25) is 0 Å². The zero-order valence-corrected chi connectivity index (χ0v) is 11.4. The molecule has 1 unspecified atom stereocenters. The summed E-state index contributed by atoms with van der Waals surface area (Å²) in [5.74, 6) is 0. The molecule has 1 fully saturated rings. The van der Waals surface area contributed by atoms with Gasteiger partial charge < -0.3 is 4.90 Å². The molecule has 1 aromatic heterocycles. The van der Waals surface area contributed by atoms with Crippen molar-refractivity contribution in [1.82, 2.24) is 4.98 Å². The van der Waals surface area contributed by atoms with Gasteiger partial charge in [0.1, 0.15) is 0 Å². The Kier molecular flexibility index (Phi) is 4.22. The second-order valence-electron chi connectivity index (χ2n) is 4.48. The van der Waals surface area contributed by atoms with Crippen LogP contribution in [-0.2, 0) is 0 Å². The van der Waals surface area contributed by atoms with Gasteiger partial charge in [0.25, 0.3) is 0 Å². The summed E-state index contributed by atoms with van der Waals surface area (Å²) in [5, 5.41) is 1.12. The lowest BCUT2D eigenvalue weighted by Crippen LogP contribution is -2.29. The average Bonchev–Trinajstić information content (AvgIpc) is 2.75. The second-order valence-corrected chi connectivity index (χ2v) is 5.28. The topological polar surface area (TPSA) is 16.1 Å². The maximum atomic E-state index is 4.17. The Bertz CT molecular complexity index is 340. The van der Waals surface area contributed by atoms with Crippen molar-refractivity contribution >= 4 is 21.6 Å². The molecular formula is C13H19BrN2. The van der Waals surface area contributed by atoms with Crippen molar-refractivity contribution in [3.63, 3.8) is 0 Å². The third-order valence-electron chi connectivity index (χ3n) is 3.35. The maximum absolute atomic E-state index is 4.17. The molecule has 1 saturated heterocycles. The quantitative estimate of drug-likeness (QED) is 0.786. The van der Waals surface area contributed by atoms with Gasteiger partial charge in [0.05, 0.1) is 0 Å². The normalized spacial score (nSPS) is 20.4. The van der Waals surface area contributed by atoms with Gasteiger partial charge in [-0.1, -0.05) is 15.9 Å². The van der Waals surface area contributed by atoms with Gasteiger partial charge in [-0.2, -0.15) is 0 Å². The fourth-order valence-corrected chi connectivity index (χ4v) is 2.88. The summed E-state index contributed by atoms with van der Waals surface area (Å²) in [4.78, 5) is 6.74. The van der Waals surface area contributed by atoms with Gasteiger partial charge >= 0.3 is 0 Å². The molecule has 0 amide bonds. The molecule has 2 rings (SSSR count). The molecule has 0 saturated carbocycles. The van der Waals surface area contributed by atoms with E-state index < -0.39 is 0 Å². The maximum Gasteiger partial charge on any atom is 0.0429 e. The Labute approximate surface area is 106 Å². The first-order valence-electron chi connectivity index (χ1n) is 6.06. The molecule has 1 aliphatic heterocycles. The first-order chi connectivity index (χ1) is 7.83. The fraction of sp³-hybridized carbons (Fsp3) is 0.615. The summed E-state index contributed by atoms with van der Waals surface area (Å²) in [7, 11) is 0. The largest absolute Gasteiger partial charge is 0.368 e. The number of rotatable bonds is 4. The summed E-state index contributed by atoms with van der Waals surface area (Å²) in [5.41, 5.74) is 2.68.